The van der Waals surface area contributed by atoms with E-state index in [-0.39, 0.29) is 0 Å². The van der Waals surface area contributed by atoms with Crippen LogP contribution in [0.5, 0.6) is 0 Å². The molecule has 0 atom stereocenters. The summed E-state index contributed by atoms with van der Waals surface area (Å²) in [6, 6.07) is 16.8. The molecule has 2 aromatic heterocycles. The minimum atomic E-state index is 0.593. The quantitative estimate of drug-likeness (QED) is 0.294. The monoisotopic (exact) mass is 437 g/mol. The van der Waals surface area contributed by atoms with Crippen molar-refractivity contribution in [2.75, 3.05) is 0 Å². The number of aromatic nitrogens is 3. The molecule has 0 radical (unpaired) electrons. The van der Waals surface area contributed by atoms with Gasteiger partial charge in [-0.25, -0.2) is 4.98 Å². The molecule has 0 saturated heterocycles. The maximum atomic E-state index is 5.86. The molecule has 5 heteroatoms. The van der Waals surface area contributed by atoms with Gasteiger partial charge >= 0.3 is 0 Å². The van der Waals surface area contributed by atoms with Crippen molar-refractivity contribution in [1.82, 2.24) is 15.2 Å². The van der Waals surface area contributed by atoms with Crippen molar-refractivity contribution in [1.29, 1.82) is 0 Å². The Bertz CT molecular complexity index is 1020. The van der Waals surface area contributed by atoms with E-state index in [2.05, 4.69) is 66.5 Å². The van der Waals surface area contributed by atoms with Crippen molar-refractivity contribution in [2.24, 2.45) is 5.92 Å². The molecular weight excluding hydrogens is 402 g/mol. The van der Waals surface area contributed by atoms with Crippen LogP contribution in [0, 0.1) is 5.92 Å². The third-order valence-electron chi connectivity index (χ3n) is 4.97. The largest absolute Gasteiger partial charge is 0.425 e. The number of hydrogen-bond acceptors (Lipinski definition) is 5. The Kier molecular flexibility index (Phi) is 10.4. The predicted octanol–water partition coefficient (Wildman–Crippen LogP) is 7.97. The van der Waals surface area contributed by atoms with Crippen LogP contribution in [0.3, 0.4) is 0 Å². The zero-order valence-electron chi connectivity index (χ0n) is 19.7. The van der Waals surface area contributed by atoms with Crippen LogP contribution in [-0.4, -0.2) is 15.2 Å². The van der Waals surface area contributed by atoms with Crippen LogP contribution < -0.4 is 0 Å². The predicted molar refractivity (Wildman–Crippen MR) is 133 cm³/mol. The lowest BCUT2D eigenvalue weighted by molar-refractivity contribution is 0.395. The maximum Gasteiger partial charge on any atom is 0.223 e. The molecular formula is C26H35N3OS. The normalized spacial score (nSPS) is 10.4. The van der Waals surface area contributed by atoms with E-state index < -0.39 is 0 Å². The molecule has 2 heterocycles. The summed E-state index contributed by atoms with van der Waals surface area (Å²) in [5.74, 6) is 2.00. The molecule has 0 aliphatic heterocycles. The molecule has 0 aliphatic rings. The fourth-order valence-electron chi connectivity index (χ4n) is 3.25. The summed E-state index contributed by atoms with van der Waals surface area (Å²) in [5, 5.41) is 9.44. The van der Waals surface area contributed by atoms with Gasteiger partial charge in [0.25, 0.3) is 0 Å². The van der Waals surface area contributed by atoms with Gasteiger partial charge < -0.3 is 4.42 Å². The summed E-state index contributed by atoms with van der Waals surface area (Å²) in [4.78, 5) is 4.74. The molecule has 4 rings (SSSR count). The Labute approximate surface area is 190 Å². The second-order valence-corrected chi connectivity index (χ2v) is 7.92. The van der Waals surface area contributed by atoms with Crippen molar-refractivity contribution in [2.45, 2.75) is 67.2 Å². The number of benzene rings is 2. The Morgan fingerprint density at radius 1 is 0.839 bits per heavy atom. The topological polar surface area (TPSA) is 51.8 Å². The molecule has 0 spiro atoms. The lowest BCUT2D eigenvalue weighted by atomic mass is 10.00. The van der Waals surface area contributed by atoms with Gasteiger partial charge in [-0.2, -0.15) is 0 Å². The highest BCUT2D eigenvalue weighted by molar-refractivity contribution is 7.18. The summed E-state index contributed by atoms with van der Waals surface area (Å²) in [6.45, 7) is 12.4. The van der Waals surface area contributed by atoms with Crippen LogP contribution in [0.25, 0.3) is 21.3 Å². The molecule has 0 amide bonds. The third kappa shape index (κ3) is 6.73. The first-order chi connectivity index (χ1) is 15.2. The standard InChI is InChI=1S/C22H23N3OS.2C2H6/c1-3-15(4-2)12-20-24-25-21(26-20)14-22-23-18-11-10-17(13-19(18)27-22)16-8-6-5-7-9-16;2*1-2/h5-11,13,15H,3-4,12,14H2,1-2H3;2*1-2H3. The zero-order chi connectivity index (χ0) is 22.6. The Hall–Kier alpha value is -2.53. The molecule has 0 bridgehead atoms. The van der Waals surface area contributed by atoms with E-state index in [1.54, 1.807) is 11.3 Å². The Morgan fingerprint density at radius 3 is 2.19 bits per heavy atom. The van der Waals surface area contributed by atoms with Gasteiger partial charge in [0.2, 0.25) is 11.8 Å². The van der Waals surface area contributed by atoms with Crippen LogP contribution in [0.4, 0.5) is 0 Å². The highest BCUT2D eigenvalue weighted by Gasteiger charge is 2.14. The lowest BCUT2D eigenvalue weighted by Gasteiger charge is -2.07. The summed E-state index contributed by atoms with van der Waals surface area (Å²) < 4.78 is 7.04. The molecule has 4 aromatic rings. The fourth-order valence-corrected chi connectivity index (χ4v) is 4.25. The third-order valence-corrected chi connectivity index (χ3v) is 5.99. The first-order valence-corrected chi connectivity index (χ1v) is 12.3. The molecule has 2 aromatic carbocycles. The summed E-state index contributed by atoms with van der Waals surface area (Å²) >= 11 is 1.69. The van der Waals surface area contributed by atoms with Gasteiger partial charge in [-0.3, -0.25) is 0 Å². The van der Waals surface area contributed by atoms with Gasteiger partial charge in [0, 0.05) is 6.42 Å². The van der Waals surface area contributed by atoms with Crippen LogP contribution in [0.1, 0.15) is 71.2 Å². The van der Waals surface area contributed by atoms with Crippen molar-refractivity contribution < 1.29 is 4.42 Å². The number of rotatable bonds is 7. The highest BCUT2D eigenvalue weighted by atomic mass is 32.1. The van der Waals surface area contributed by atoms with Crippen LogP contribution in [-0.2, 0) is 12.8 Å². The van der Waals surface area contributed by atoms with Gasteiger partial charge in [-0.15, -0.1) is 21.5 Å². The van der Waals surface area contributed by atoms with E-state index in [9.17, 15) is 0 Å². The average Bonchev–Trinajstić information content (AvgIpc) is 3.46. The van der Waals surface area contributed by atoms with E-state index in [1.165, 1.54) is 15.8 Å². The van der Waals surface area contributed by atoms with E-state index in [0.717, 1.165) is 35.7 Å². The molecule has 166 valence electrons. The van der Waals surface area contributed by atoms with Crippen LogP contribution >= 0.6 is 11.3 Å². The molecule has 0 N–H and O–H groups in total. The Balaban J connectivity index is 0.000000807. The van der Waals surface area contributed by atoms with Gasteiger partial charge in [0.1, 0.15) is 5.01 Å². The minimum absolute atomic E-state index is 0.593. The van der Waals surface area contributed by atoms with E-state index >= 15 is 0 Å². The maximum absolute atomic E-state index is 5.86. The second-order valence-electron chi connectivity index (χ2n) is 6.81. The van der Waals surface area contributed by atoms with Gasteiger partial charge in [-0.05, 0) is 29.2 Å². The molecule has 0 fully saturated rings. The first-order valence-electron chi connectivity index (χ1n) is 11.5. The smallest absolute Gasteiger partial charge is 0.223 e. The van der Waals surface area contributed by atoms with Crippen molar-refractivity contribution in [3.63, 3.8) is 0 Å². The Morgan fingerprint density at radius 2 is 1.52 bits per heavy atom. The van der Waals surface area contributed by atoms with Gasteiger partial charge in [0.05, 0.1) is 16.6 Å². The zero-order valence-corrected chi connectivity index (χ0v) is 20.5. The van der Waals surface area contributed by atoms with Crippen LogP contribution in [0.15, 0.2) is 52.9 Å². The highest BCUT2D eigenvalue weighted by Crippen LogP contribution is 2.29. The first kappa shape index (κ1) is 24.7. The van der Waals surface area contributed by atoms with Crippen LogP contribution in [0.2, 0.25) is 0 Å². The van der Waals surface area contributed by atoms with E-state index in [1.807, 2.05) is 33.8 Å². The minimum Gasteiger partial charge on any atom is -0.425 e. The van der Waals surface area contributed by atoms with E-state index in [4.69, 9.17) is 9.40 Å². The van der Waals surface area contributed by atoms with E-state index in [0.29, 0.717) is 18.2 Å². The molecule has 31 heavy (non-hydrogen) atoms. The summed E-state index contributed by atoms with van der Waals surface area (Å²) in [6.07, 6.45) is 3.72. The number of fused-ring (bicyclic) bond motifs is 1. The van der Waals surface area contributed by atoms with Gasteiger partial charge in [0.15, 0.2) is 0 Å². The van der Waals surface area contributed by atoms with Crippen molar-refractivity contribution in [3.05, 3.63) is 65.3 Å². The number of hydrogen-bond donors (Lipinski definition) is 0. The second kappa shape index (κ2) is 13.0. The lowest BCUT2D eigenvalue weighted by Crippen LogP contribution is -2.01. The number of nitrogens with zero attached hydrogens (tertiary/aromatic N) is 3. The SMILES string of the molecule is CC.CC.CCC(CC)Cc1nnc(Cc2nc3ccc(-c4ccccc4)cc3s2)o1. The van der Waals surface area contributed by atoms with Crippen molar-refractivity contribution >= 4 is 21.6 Å². The average molecular weight is 438 g/mol. The number of thiazole rings is 1. The summed E-state index contributed by atoms with van der Waals surface area (Å²) in [5.41, 5.74) is 3.45. The summed E-state index contributed by atoms with van der Waals surface area (Å²) in [7, 11) is 0. The van der Waals surface area contributed by atoms with Gasteiger partial charge in [-0.1, -0.05) is 90.8 Å². The van der Waals surface area contributed by atoms with Crippen molar-refractivity contribution in [3.8, 4) is 11.1 Å². The molecule has 0 saturated carbocycles. The molecule has 0 unspecified atom stereocenters. The molecule has 0 aliphatic carbocycles. The molecule has 4 nitrogen and oxygen atoms in total. The fraction of sp³-hybridized carbons (Fsp3) is 0.423.